The van der Waals surface area contributed by atoms with Crippen LogP contribution in [0.15, 0.2) is 55.2 Å². The highest BCUT2D eigenvalue weighted by atomic mass is 35.5. The summed E-state index contributed by atoms with van der Waals surface area (Å²) in [7, 11) is 3.73. The zero-order valence-electron chi connectivity index (χ0n) is 16.0. The number of benzene rings is 1. The molecule has 9 heteroatoms. The van der Waals surface area contributed by atoms with Gasteiger partial charge in [0.25, 0.3) is 0 Å². The molecule has 4 aromatic rings. The van der Waals surface area contributed by atoms with Crippen LogP contribution in [0.2, 0.25) is 5.02 Å². The molecule has 1 aromatic carbocycles. The van der Waals surface area contributed by atoms with Gasteiger partial charge in [0.1, 0.15) is 5.02 Å². The lowest BCUT2D eigenvalue weighted by atomic mass is 10.0. The summed E-state index contributed by atoms with van der Waals surface area (Å²) >= 11 is 6.28. The Labute approximate surface area is 173 Å². The Bertz CT molecular complexity index is 1130. The number of hydrogen-bond donors (Lipinski definition) is 2. The van der Waals surface area contributed by atoms with E-state index in [-0.39, 0.29) is 0 Å². The van der Waals surface area contributed by atoms with Crippen molar-refractivity contribution in [3.05, 3.63) is 78.8 Å². The zero-order valence-corrected chi connectivity index (χ0v) is 16.7. The van der Waals surface area contributed by atoms with Crippen LogP contribution in [0, 0.1) is 13.0 Å². The number of anilines is 3. The maximum absolute atomic E-state index is 6.28. The first-order valence-electron chi connectivity index (χ1n) is 8.81. The van der Waals surface area contributed by atoms with Crippen LogP contribution < -0.4 is 10.6 Å². The highest BCUT2D eigenvalue weighted by Gasteiger charge is 2.13. The molecule has 146 valence electrons. The van der Waals surface area contributed by atoms with Crippen LogP contribution in [0.5, 0.6) is 0 Å². The van der Waals surface area contributed by atoms with Crippen molar-refractivity contribution in [1.29, 1.82) is 0 Å². The van der Waals surface area contributed by atoms with Crippen LogP contribution in [0.4, 0.5) is 17.5 Å². The van der Waals surface area contributed by atoms with Crippen molar-refractivity contribution in [1.82, 2.24) is 29.5 Å². The zero-order chi connectivity index (χ0) is 20.4. The van der Waals surface area contributed by atoms with Gasteiger partial charge in [-0.05, 0) is 24.1 Å². The molecule has 0 aliphatic rings. The van der Waals surface area contributed by atoms with Gasteiger partial charge in [-0.3, -0.25) is 9.36 Å². The van der Waals surface area contributed by atoms with E-state index in [1.165, 1.54) is 6.20 Å². The van der Waals surface area contributed by atoms with Crippen molar-refractivity contribution in [2.45, 2.75) is 0 Å². The molecule has 3 heterocycles. The Morgan fingerprint density at radius 3 is 2.55 bits per heavy atom. The fraction of sp³-hybridized carbons (Fsp3) is 0.100. The molecular formula is C20H19ClN8. The molecule has 0 unspecified atom stereocenters. The van der Waals surface area contributed by atoms with Crippen molar-refractivity contribution in [2.24, 2.45) is 14.1 Å². The quantitative estimate of drug-likeness (QED) is 0.506. The van der Waals surface area contributed by atoms with Crippen molar-refractivity contribution >= 4 is 29.1 Å². The number of aromatic nitrogens is 6. The van der Waals surface area contributed by atoms with Crippen LogP contribution in [0.25, 0.3) is 11.1 Å². The van der Waals surface area contributed by atoms with E-state index in [1.807, 2.05) is 57.0 Å². The molecule has 0 aliphatic carbocycles. The van der Waals surface area contributed by atoms with Gasteiger partial charge in [-0.15, -0.1) is 0 Å². The van der Waals surface area contributed by atoms with Crippen molar-refractivity contribution in [3.63, 3.8) is 0 Å². The third-order valence-electron chi connectivity index (χ3n) is 4.22. The predicted molar refractivity (Wildman–Crippen MR) is 114 cm³/mol. The lowest BCUT2D eigenvalue weighted by Crippen LogP contribution is -2.11. The summed E-state index contributed by atoms with van der Waals surface area (Å²) < 4.78 is 3.46. The van der Waals surface area contributed by atoms with Gasteiger partial charge in [-0.25, -0.2) is 4.98 Å². The standard InChI is InChI=1S/C20H19ClN8/c1-13(14-5-4-6-15(7-14)16-8-23-28(2)11-16)25-19-18(21)10-22-20(27-19)26-17-9-24-29(3)12-17/h4-12H,1H2,2-3H3,(H2,22,25,26,27). The molecular weight excluding hydrogens is 388 g/mol. The second-order valence-corrected chi connectivity index (χ2v) is 6.91. The van der Waals surface area contributed by atoms with E-state index in [4.69, 9.17) is 11.6 Å². The first-order valence-corrected chi connectivity index (χ1v) is 9.19. The molecule has 0 bridgehead atoms. The number of nitrogens with one attached hydrogen (secondary N) is 2. The minimum absolute atomic E-state index is 0.395. The van der Waals surface area contributed by atoms with Crippen molar-refractivity contribution in [2.75, 3.05) is 10.6 Å². The Hall–Kier alpha value is -3.39. The molecule has 2 N–H and O–H groups in total. The first-order chi connectivity index (χ1) is 14.0. The van der Waals surface area contributed by atoms with E-state index in [2.05, 4.69) is 37.7 Å². The Kier molecular flexibility index (Phi) is 5.18. The summed E-state index contributed by atoms with van der Waals surface area (Å²) in [6, 6.07) is 8.68. The van der Waals surface area contributed by atoms with E-state index in [0.29, 0.717) is 22.8 Å². The fourth-order valence-electron chi connectivity index (χ4n) is 2.80. The predicted octanol–water partition coefficient (Wildman–Crippen LogP) is 3.83. The van der Waals surface area contributed by atoms with E-state index in [9.17, 15) is 0 Å². The van der Waals surface area contributed by atoms with Crippen LogP contribution >= 0.6 is 11.6 Å². The Morgan fingerprint density at radius 2 is 1.83 bits per heavy atom. The number of rotatable bonds is 6. The average Bonchev–Trinajstić information content (AvgIpc) is 3.32. The topological polar surface area (TPSA) is 85.5 Å². The largest absolute Gasteiger partial charge is 0.356 e. The molecule has 0 atom stereocenters. The molecule has 0 fully saturated rings. The molecule has 4 rings (SSSR count). The summed E-state index contributed by atoms with van der Waals surface area (Å²) in [5.74, 6) is 0.867. The van der Waals surface area contributed by atoms with Gasteiger partial charge in [0.15, 0.2) is 5.82 Å². The second kappa shape index (κ2) is 7.92. The van der Waals surface area contributed by atoms with E-state index in [1.54, 1.807) is 15.6 Å². The van der Waals surface area contributed by atoms with Crippen molar-refractivity contribution < 1.29 is 0 Å². The van der Waals surface area contributed by atoms with Gasteiger partial charge in [0, 0.05) is 32.1 Å². The molecule has 8 nitrogen and oxygen atoms in total. The smallest absolute Gasteiger partial charge is 0.229 e. The van der Waals surface area contributed by atoms with Crippen molar-refractivity contribution in [3.8, 4) is 11.1 Å². The molecule has 29 heavy (non-hydrogen) atoms. The lowest BCUT2D eigenvalue weighted by molar-refractivity contribution is 0.768. The number of nitrogens with zero attached hydrogens (tertiary/aromatic N) is 6. The van der Waals surface area contributed by atoms with Gasteiger partial charge < -0.3 is 10.6 Å². The van der Waals surface area contributed by atoms with Gasteiger partial charge in [0.2, 0.25) is 5.95 Å². The molecule has 0 aliphatic heterocycles. The third-order valence-corrected chi connectivity index (χ3v) is 4.50. The average molecular weight is 407 g/mol. The summed E-state index contributed by atoms with van der Waals surface area (Å²) in [6.07, 6.45) is 8.84. The lowest BCUT2D eigenvalue weighted by Gasteiger charge is -2.16. The maximum Gasteiger partial charge on any atom is 0.229 e. The van der Waals surface area contributed by atoms with Gasteiger partial charge in [-0.2, -0.15) is 15.2 Å². The van der Waals surface area contributed by atoms with Gasteiger partial charge >= 0.3 is 0 Å². The van der Waals surface area contributed by atoms with E-state index >= 15 is 0 Å². The molecule has 0 amide bonds. The molecule has 0 saturated carbocycles. The normalized spacial score (nSPS) is 11.1. The SMILES string of the molecule is [CH2][C](Nc1nc(Nc2cnn(C)c2)ncc1Cl)c1cccc(-c2cnn(C)c2)c1. The Balaban J connectivity index is 1.53. The summed E-state index contributed by atoms with van der Waals surface area (Å²) in [4.78, 5) is 8.66. The third kappa shape index (κ3) is 4.38. The minimum atomic E-state index is 0.395. The molecule has 2 radical (unpaired) electrons. The number of halogens is 1. The van der Waals surface area contributed by atoms with Gasteiger partial charge in [0.05, 0.1) is 30.3 Å². The number of aryl methyl sites for hydroxylation is 2. The highest BCUT2D eigenvalue weighted by Crippen LogP contribution is 2.27. The number of hydrogen-bond acceptors (Lipinski definition) is 6. The van der Waals surface area contributed by atoms with Crippen LogP contribution in [-0.4, -0.2) is 29.5 Å². The Morgan fingerprint density at radius 1 is 1.03 bits per heavy atom. The summed E-state index contributed by atoms with van der Waals surface area (Å²) in [5, 5.41) is 15.0. The molecule has 0 spiro atoms. The second-order valence-electron chi connectivity index (χ2n) is 6.50. The summed E-state index contributed by atoms with van der Waals surface area (Å²) in [6.45, 7) is 4.13. The molecule has 0 saturated heterocycles. The van der Waals surface area contributed by atoms with Crippen LogP contribution in [-0.2, 0) is 14.1 Å². The first kappa shape index (κ1) is 18.9. The van der Waals surface area contributed by atoms with E-state index < -0.39 is 0 Å². The molecule has 3 aromatic heterocycles. The fourth-order valence-corrected chi connectivity index (χ4v) is 2.94. The van der Waals surface area contributed by atoms with Crippen LogP contribution in [0.1, 0.15) is 5.56 Å². The van der Waals surface area contributed by atoms with Gasteiger partial charge in [-0.1, -0.05) is 29.8 Å². The van der Waals surface area contributed by atoms with E-state index in [0.717, 1.165) is 22.4 Å². The highest BCUT2D eigenvalue weighted by molar-refractivity contribution is 6.32. The minimum Gasteiger partial charge on any atom is -0.356 e. The van der Waals surface area contributed by atoms with Crippen LogP contribution in [0.3, 0.4) is 0 Å². The maximum atomic E-state index is 6.28. The summed E-state index contributed by atoms with van der Waals surface area (Å²) in [5.41, 5.74) is 3.78. The monoisotopic (exact) mass is 406 g/mol.